The van der Waals surface area contributed by atoms with Crippen molar-refractivity contribution < 1.29 is 19.0 Å². The van der Waals surface area contributed by atoms with Crippen molar-refractivity contribution >= 4 is 11.8 Å². The zero-order valence-corrected chi connectivity index (χ0v) is 16.2. The molecule has 2 N–H and O–H groups in total. The Hall–Kier alpha value is -2.60. The molecule has 1 unspecified atom stereocenters. The van der Waals surface area contributed by atoms with E-state index in [0.29, 0.717) is 32.0 Å². The van der Waals surface area contributed by atoms with Crippen LogP contribution in [-0.4, -0.2) is 37.5 Å². The van der Waals surface area contributed by atoms with Gasteiger partial charge in [-0.15, -0.1) is 0 Å². The molecule has 4 rings (SSSR count). The highest BCUT2D eigenvalue weighted by Crippen LogP contribution is 2.46. The van der Waals surface area contributed by atoms with E-state index in [1.807, 2.05) is 29.2 Å². The van der Waals surface area contributed by atoms with Crippen LogP contribution < -0.4 is 10.2 Å². The van der Waals surface area contributed by atoms with Gasteiger partial charge in [-0.3, -0.25) is 0 Å². The molecule has 0 spiro atoms. The first kappa shape index (κ1) is 18.7. The summed E-state index contributed by atoms with van der Waals surface area (Å²) in [6, 6.07) is 11.1. The third kappa shape index (κ3) is 3.44. The zero-order valence-electron chi connectivity index (χ0n) is 16.2. The normalized spacial score (nSPS) is 20.7. The predicted molar refractivity (Wildman–Crippen MR) is 106 cm³/mol. The second kappa shape index (κ2) is 7.09. The Bertz CT molecular complexity index is 907. The summed E-state index contributed by atoms with van der Waals surface area (Å²) >= 11 is 0. The lowest BCUT2D eigenvalue weighted by Gasteiger charge is -2.29. The van der Waals surface area contributed by atoms with E-state index in [-0.39, 0.29) is 17.3 Å². The number of benzene rings is 2. The van der Waals surface area contributed by atoms with Gasteiger partial charge in [0.25, 0.3) is 0 Å². The SMILES string of the molecule is CC1(C)Cc2cc(-c3ccc(N4CCOCC4)c(F)c3)ccc2C1NC(=O)O. The van der Waals surface area contributed by atoms with Gasteiger partial charge in [0.1, 0.15) is 5.82 Å². The molecule has 0 saturated carbocycles. The number of nitrogens with one attached hydrogen (secondary N) is 1. The molecule has 1 atom stereocenters. The standard InChI is InChI=1S/C22H25FN2O3/c1-22(2)13-16-11-14(3-5-17(16)20(22)24-21(26)27)15-4-6-19(18(23)12-15)25-7-9-28-10-8-25/h3-6,11-12,20,24H,7-10,13H2,1-2H3,(H,26,27). The van der Waals surface area contributed by atoms with Gasteiger partial charge in [-0.05, 0) is 46.2 Å². The summed E-state index contributed by atoms with van der Waals surface area (Å²) in [6.45, 7) is 6.75. The maximum absolute atomic E-state index is 14.8. The average Bonchev–Trinajstić information content (AvgIpc) is 2.91. The van der Waals surface area contributed by atoms with Crippen molar-refractivity contribution in [3.05, 3.63) is 53.3 Å². The fourth-order valence-electron chi connectivity index (χ4n) is 4.38. The molecule has 0 aromatic heterocycles. The summed E-state index contributed by atoms with van der Waals surface area (Å²) in [6.07, 6.45) is -0.245. The lowest BCUT2D eigenvalue weighted by molar-refractivity contribution is 0.122. The van der Waals surface area contributed by atoms with Gasteiger partial charge in [0, 0.05) is 13.1 Å². The molecule has 6 heteroatoms. The predicted octanol–water partition coefficient (Wildman–Crippen LogP) is 4.22. The second-order valence-electron chi connectivity index (χ2n) is 8.23. The number of carboxylic acid groups (broad SMARTS) is 1. The van der Waals surface area contributed by atoms with E-state index in [1.54, 1.807) is 6.07 Å². The number of halogens is 1. The Balaban J connectivity index is 1.63. The van der Waals surface area contributed by atoms with E-state index in [1.165, 1.54) is 0 Å². The molecule has 0 radical (unpaired) electrons. The van der Waals surface area contributed by atoms with Crippen LogP contribution in [0.4, 0.5) is 14.9 Å². The van der Waals surface area contributed by atoms with Crippen molar-refractivity contribution in [2.75, 3.05) is 31.2 Å². The Kier molecular flexibility index (Phi) is 4.75. The zero-order chi connectivity index (χ0) is 19.9. The van der Waals surface area contributed by atoms with Crippen LogP contribution in [0.15, 0.2) is 36.4 Å². The highest BCUT2D eigenvalue weighted by atomic mass is 19.1. The van der Waals surface area contributed by atoms with Gasteiger partial charge in [-0.25, -0.2) is 9.18 Å². The molecule has 1 heterocycles. The molecular weight excluding hydrogens is 359 g/mol. The van der Waals surface area contributed by atoms with Crippen LogP contribution in [-0.2, 0) is 11.2 Å². The van der Waals surface area contributed by atoms with Gasteiger partial charge in [0.15, 0.2) is 0 Å². The number of nitrogens with zero attached hydrogens (tertiary/aromatic N) is 1. The summed E-state index contributed by atoms with van der Waals surface area (Å²) in [5, 5.41) is 11.8. The summed E-state index contributed by atoms with van der Waals surface area (Å²) < 4.78 is 20.1. The summed E-state index contributed by atoms with van der Waals surface area (Å²) in [5.74, 6) is -0.231. The van der Waals surface area contributed by atoms with E-state index in [0.717, 1.165) is 28.7 Å². The van der Waals surface area contributed by atoms with Crippen molar-refractivity contribution in [1.82, 2.24) is 5.32 Å². The number of ether oxygens (including phenoxy) is 1. The minimum Gasteiger partial charge on any atom is -0.465 e. The van der Waals surface area contributed by atoms with E-state index in [9.17, 15) is 9.18 Å². The second-order valence-corrected chi connectivity index (χ2v) is 8.23. The number of carbonyl (C=O) groups is 1. The van der Waals surface area contributed by atoms with Crippen LogP contribution in [0.25, 0.3) is 11.1 Å². The van der Waals surface area contributed by atoms with Crippen molar-refractivity contribution in [3.63, 3.8) is 0 Å². The number of anilines is 1. The van der Waals surface area contributed by atoms with Gasteiger partial charge >= 0.3 is 6.09 Å². The molecule has 5 nitrogen and oxygen atoms in total. The average molecular weight is 384 g/mol. The molecule has 1 amide bonds. The highest BCUT2D eigenvalue weighted by molar-refractivity contribution is 5.70. The first-order valence-corrected chi connectivity index (χ1v) is 9.60. The number of hydrogen-bond donors (Lipinski definition) is 2. The molecule has 0 bridgehead atoms. The number of hydrogen-bond acceptors (Lipinski definition) is 3. The minimum atomic E-state index is -1.02. The van der Waals surface area contributed by atoms with Crippen LogP contribution in [0.1, 0.15) is 31.0 Å². The molecule has 2 aromatic rings. The Morgan fingerprint density at radius 1 is 1.18 bits per heavy atom. The number of rotatable bonds is 3. The van der Waals surface area contributed by atoms with E-state index >= 15 is 0 Å². The van der Waals surface area contributed by atoms with E-state index in [2.05, 4.69) is 25.2 Å². The van der Waals surface area contributed by atoms with Crippen LogP contribution in [0.3, 0.4) is 0 Å². The van der Waals surface area contributed by atoms with Crippen LogP contribution in [0, 0.1) is 11.2 Å². The monoisotopic (exact) mass is 384 g/mol. The van der Waals surface area contributed by atoms with Gasteiger partial charge in [-0.2, -0.15) is 0 Å². The molecule has 1 aliphatic heterocycles. The van der Waals surface area contributed by atoms with Crippen LogP contribution in [0.5, 0.6) is 0 Å². The molecule has 1 saturated heterocycles. The topological polar surface area (TPSA) is 61.8 Å². The lowest BCUT2D eigenvalue weighted by Crippen LogP contribution is -2.36. The molecule has 2 aromatic carbocycles. The molecular formula is C22H25FN2O3. The fraction of sp³-hybridized carbons (Fsp3) is 0.409. The molecule has 2 aliphatic rings. The highest BCUT2D eigenvalue weighted by Gasteiger charge is 2.40. The van der Waals surface area contributed by atoms with Crippen molar-refractivity contribution in [3.8, 4) is 11.1 Å². The number of morpholine rings is 1. The van der Waals surface area contributed by atoms with Crippen molar-refractivity contribution in [2.45, 2.75) is 26.3 Å². The summed E-state index contributed by atoms with van der Waals surface area (Å²) in [7, 11) is 0. The maximum Gasteiger partial charge on any atom is 0.405 e. The molecule has 28 heavy (non-hydrogen) atoms. The van der Waals surface area contributed by atoms with Crippen molar-refractivity contribution in [1.29, 1.82) is 0 Å². The van der Waals surface area contributed by atoms with Gasteiger partial charge in [0.2, 0.25) is 0 Å². The first-order chi connectivity index (χ1) is 13.3. The lowest BCUT2D eigenvalue weighted by atomic mass is 9.85. The smallest absolute Gasteiger partial charge is 0.405 e. The largest absolute Gasteiger partial charge is 0.465 e. The quantitative estimate of drug-likeness (QED) is 0.832. The molecule has 1 fully saturated rings. The minimum absolute atomic E-state index is 0.204. The van der Waals surface area contributed by atoms with Crippen LogP contribution in [0.2, 0.25) is 0 Å². The third-order valence-corrected chi connectivity index (χ3v) is 5.78. The van der Waals surface area contributed by atoms with Gasteiger partial charge in [-0.1, -0.05) is 38.1 Å². The van der Waals surface area contributed by atoms with E-state index < -0.39 is 6.09 Å². The van der Waals surface area contributed by atoms with Crippen molar-refractivity contribution in [2.24, 2.45) is 5.41 Å². The Morgan fingerprint density at radius 2 is 1.86 bits per heavy atom. The number of amides is 1. The van der Waals surface area contributed by atoms with Gasteiger partial charge < -0.3 is 20.1 Å². The molecule has 148 valence electrons. The Labute approximate surface area is 164 Å². The van der Waals surface area contributed by atoms with Gasteiger partial charge in [0.05, 0.1) is 24.9 Å². The first-order valence-electron chi connectivity index (χ1n) is 9.60. The summed E-state index contributed by atoms with van der Waals surface area (Å²) in [4.78, 5) is 13.2. The maximum atomic E-state index is 14.8. The fourth-order valence-corrected chi connectivity index (χ4v) is 4.38. The van der Waals surface area contributed by atoms with Crippen LogP contribution >= 0.6 is 0 Å². The molecule has 1 aliphatic carbocycles. The third-order valence-electron chi connectivity index (χ3n) is 5.78. The van der Waals surface area contributed by atoms with E-state index in [4.69, 9.17) is 9.84 Å². The summed E-state index contributed by atoms with van der Waals surface area (Å²) in [5.41, 5.74) is 4.29. The Morgan fingerprint density at radius 3 is 2.54 bits per heavy atom. The number of fused-ring (bicyclic) bond motifs is 1.